The van der Waals surface area contributed by atoms with E-state index in [1.807, 2.05) is 6.07 Å². The molecule has 0 aromatic heterocycles. The van der Waals surface area contributed by atoms with Gasteiger partial charge in [0.1, 0.15) is 0 Å². The van der Waals surface area contributed by atoms with E-state index in [-0.39, 0.29) is 18.3 Å². The predicted molar refractivity (Wildman–Crippen MR) is 94.1 cm³/mol. The quantitative estimate of drug-likeness (QED) is 0.748. The second-order valence-electron chi connectivity index (χ2n) is 5.37. The predicted octanol–water partition coefficient (Wildman–Crippen LogP) is 2.34. The third-order valence-electron chi connectivity index (χ3n) is 3.85. The van der Waals surface area contributed by atoms with Crippen molar-refractivity contribution in [1.82, 2.24) is 10.6 Å². The molecule has 1 atom stereocenters. The number of methoxy groups -OCH3 is 2. The Labute approximate surface area is 143 Å². The highest BCUT2D eigenvalue weighted by molar-refractivity contribution is 5.95. The maximum Gasteiger partial charge on any atom is 0.251 e. The van der Waals surface area contributed by atoms with Gasteiger partial charge in [0.2, 0.25) is 0 Å². The van der Waals surface area contributed by atoms with Crippen LogP contribution in [0.1, 0.15) is 28.8 Å². The van der Waals surface area contributed by atoms with Gasteiger partial charge in [-0.25, -0.2) is 0 Å². The van der Waals surface area contributed by atoms with Gasteiger partial charge >= 0.3 is 0 Å². The molecule has 1 aliphatic rings. The molecule has 1 aromatic carbocycles. The Morgan fingerprint density at radius 1 is 1.43 bits per heavy atom. The summed E-state index contributed by atoms with van der Waals surface area (Å²) in [7, 11) is 3.16. The van der Waals surface area contributed by atoms with E-state index in [4.69, 9.17) is 9.47 Å². The van der Waals surface area contributed by atoms with Gasteiger partial charge in [0.15, 0.2) is 11.5 Å². The minimum atomic E-state index is -0.0973. The highest BCUT2D eigenvalue weighted by Gasteiger charge is 2.18. The van der Waals surface area contributed by atoms with E-state index in [0.29, 0.717) is 36.1 Å². The van der Waals surface area contributed by atoms with E-state index in [9.17, 15) is 4.79 Å². The molecule has 2 N–H and O–H groups in total. The Morgan fingerprint density at radius 3 is 2.78 bits per heavy atom. The molecule has 1 saturated heterocycles. The van der Waals surface area contributed by atoms with Crippen LogP contribution in [0.2, 0.25) is 0 Å². The zero-order valence-corrected chi connectivity index (χ0v) is 14.5. The number of hydrogen-bond acceptors (Lipinski definition) is 4. The van der Waals surface area contributed by atoms with Gasteiger partial charge in [-0.2, -0.15) is 0 Å². The number of allylic oxidation sites excluding steroid dienone is 1. The second kappa shape index (κ2) is 9.43. The lowest BCUT2D eigenvalue weighted by atomic mass is 10.0. The Bertz CT molecular complexity index is 543. The van der Waals surface area contributed by atoms with Crippen molar-refractivity contribution in [1.29, 1.82) is 0 Å². The van der Waals surface area contributed by atoms with E-state index in [0.717, 1.165) is 18.5 Å². The van der Waals surface area contributed by atoms with E-state index in [1.165, 1.54) is 6.42 Å². The number of hydrogen-bond donors (Lipinski definition) is 2. The smallest absolute Gasteiger partial charge is 0.251 e. The first-order chi connectivity index (χ1) is 10.7. The fraction of sp³-hybridized carbons (Fsp3) is 0.471. The summed E-state index contributed by atoms with van der Waals surface area (Å²) in [6.45, 7) is 5.42. The van der Waals surface area contributed by atoms with Gasteiger partial charge in [-0.1, -0.05) is 6.08 Å². The van der Waals surface area contributed by atoms with Crippen molar-refractivity contribution in [3.05, 3.63) is 35.9 Å². The number of benzene rings is 1. The van der Waals surface area contributed by atoms with Crippen LogP contribution in [0.4, 0.5) is 0 Å². The highest BCUT2D eigenvalue weighted by atomic mass is 35.5. The largest absolute Gasteiger partial charge is 0.493 e. The number of ether oxygens (including phenoxy) is 2. The van der Waals surface area contributed by atoms with Crippen molar-refractivity contribution in [2.24, 2.45) is 0 Å². The molecule has 1 aromatic rings. The molecule has 2 rings (SSSR count). The van der Waals surface area contributed by atoms with Crippen LogP contribution in [0.5, 0.6) is 11.5 Å². The third kappa shape index (κ3) is 4.88. The molecule has 0 saturated carbocycles. The first-order valence-corrected chi connectivity index (χ1v) is 7.57. The number of halogens is 1. The van der Waals surface area contributed by atoms with Crippen molar-refractivity contribution >= 4 is 18.3 Å². The summed E-state index contributed by atoms with van der Waals surface area (Å²) < 4.78 is 10.7. The Hall–Kier alpha value is -1.72. The summed E-state index contributed by atoms with van der Waals surface area (Å²) in [5.41, 5.74) is 1.47. The molecule has 6 heteroatoms. The van der Waals surface area contributed by atoms with Crippen molar-refractivity contribution in [3.63, 3.8) is 0 Å². The van der Waals surface area contributed by atoms with Crippen LogP contribution < -0.4 is 20.1 Å². The van der Waals surface area contributed by atoms with Gasteiger partial charge in [-0.3, -0.25) is 4.79 Å². The molecule has 1 heterocycles. The second-order valence-corrected chi connectivity index (χ2v) is 5.37. The maximum atomic E-state index is 12.4. The SMILES string of the molecule is C=CCc1cc(C(=O)NCC2CCCN2)cc(OC)c1OC.Cl. The standard InChI is InChI=1S/C17H24N2O3.ClH/c1-4-6-12-9-13(10-15(21-2)16(12)22-3)17(20)19-11-14-7-5-8-18-14;/h4,9-10,14,18H,1,5-8,11H2,2-3H3,(H,19,20);1H. The number of carbonyl (C=O) groups excluding carboxylic acids is 1. The molecule has 1 unspecified atom stereocenters. The molecular weight excluding hydrogens is 316 g/mol. The third-order valence-corrected chi connectivity index (χ3v) is 3.85. The minimum absolute atomic E-state index is 0. The summed E-state index contributed by atoms with van der Waals surface area (Å²) in [5.74, 6) is 1.11. The zero-order chi connectivity index (χ0) is 15.9. The molecule has 1 amide bonds. The Morgan fingerprint density at radius 2 is 2.22 bits per heavy atom. The van der Waals surface area contributed by atoms with Crippen LogP contribution in [0.15, 0.2) is 24.8 Å². The van der Waals surface area contributed by atoms with E-state index in [1.54, 1.807) is 26.4 Å². The van der Waals surface area contributed by atoms with Crippen molar-refractivity contribution in [3.8, 4) is 11.5 Å². The number of nitrogens with one attached hydrogen (secondary N) is 2. The summed E-state index contributed by atoms with van der Waals surface area (Å²) in [6.07, 6.45) is 4.67. The maximum absolute atomic E-state index is 12.4. The fourth-order valence-corrected chi connectivity index (χ4v) is 2.73. The normalized spacial score (nSPS) is 16.3. The topological polar surface area (TPSA) is 59.6 Å². The van der Waals surface area contributed by atoms with Crippen LogP contribution in [0.3, 0.4) is 0 Å². The lowest BCUT2D eigenvalue weighted by Crippen LogP contribution is -2.37. The molecule has 0 spiro atoms. The van der Waals surface area contributed by atoms with Gasteiger partial charge in [0, 0.05) is 23.7 Å². The molecule has 128 valence electrons. The number of carbonyl (C=O) groups is 1. The van der Waals surface area contributed by atoms with Crippen molar-refractivity contribution < 1.29 is 14.3 Å². The first kappa shape index (κ1) is 19.3. The lowest BCUT2D eigenvalue weighted by molar-refractivity contribution is 0.0950. The van der Waals surface area contributed by atoms with Gasteiger partial charge in [-0.15, -0.1) is 19.0 Å². The Kier molecular flexibility index (Phi) is 7.92. The summed E-state index contributed by atoms with van der Waals surface area (Å²) >= 11 is 0. The molecule has 23 heavy (non-hydrogen) atoms. The van der Waals surface area contributed by atoms with E-state index in [2.05, 4.69) is 17.2 Å². The number of amides is 1. The van der Waals surface area contributed by atoms with E-state index < -0.39 is 0 Å². The van der Waals surface area contributed by atoms with Gasteiger partial charge in [-0.05, 0) is 37.9 Å². The summed E-state index contributed by atoms with van der Waals surface area (Å²) in [6, 6.07) is 3.92. The van der Waals surface area contributed by atoms with Gasteiger partial charge in [0.25, 0.3) is 5.91 Å². The highest BCUT2D eigenvalue weighted by Crippen LogP contribution is 2.33. The van der Waals surface area contributed by atoms with Crippen LogP contribution in [-0.2, 0) is 6.42 Å². The Balaban J connectivity index is 0.00000264. The minimum Gasteiger partial charge on any atom is -0.493 e. The lowest BCUT2D eigenvalue weighted by Gasteiger charge is -2.15. The number of rotatable bonds is 7. The zero-order valence-electron chi connectivity index (χ0n) is 13.7. The van der Waals surface area contributed by atoms with Crippen molar-refractivity contribution in [2.75, 3.05) is 27.3 Å². The molecule has 0 aliphatic carbocycles. The summed E-state index contributed by atoms with van der Waals surface area (Å²) in [5, 5.41) is 6.34. The molecule has 0 bridgehead atoms. The van der Waals surface area contributed by atoms with Crippen LogP contribution in [-0.4, -0.2) is 39.3 Å². The van der Waals surface area contributed by atoms with Crippen LogP contribution in [0.25, 0.3) is 0 Å². The first-order valence-electron chi connectivity index (χ1n) is 7.57. The average molecular weight is 341 g/mol. The molecular formula is C17H25ClN2O3. The summed E-state index contributed by atoms with van der Waals surface area (Å²) in [4.78, 5) is 12.4. The molecule has 1 fully saturated rings. The average Bonchev–Trinajstić information content (AvgIpc) is 3.05. The van der Waals surface area contributed by atoms with Gasteiger partial charge < -0.3 is 20.1 Å². The van der Waals surface area contributed by atoms with Crippen molar-refractivity contribution in [2.45, 2.75) is 25.3 Å². The molecule has 1 aliphatic heterocycles. The van der Waals surface area contributed by atoms with Crippen LogP contribution in [0, 0.1) is 0 Å². The monoisotopic (exact) mass is 340 g/mol. The van der Waals surface area contributed by atoms with E-state index >= 15 is 0 Å². The van der Waals surface area contributed by atoms with Gasteiger partial charge in [0.05, 0.1) is 14.2 Å². The molecule has 0 radical (unpaired) electrons. The molecule has 5 nitrogen and oxygen atoms in total. The van der Waals surface area contributed by atoms with Crippen LogP contribution >= 0.6 is 12.4 Å². The fourth-order valence-electron chi connectivity index (χ4n) is 2.73.